The van der Waals surface area contributed by atoms with Crippen molar-refractivity contribution in [3.05, 3.63) is 52.8 Å². The number of piperidine rings is 1. The first-order valence-corrected chi connectivity index (χ1v) is 11.0. The quantitative estimate of drug-likeness (QED) is 0.737. The Hall–Kier alpha value is -3.49. The second kappa shape index (κ2) is 9.76. The Morgan fingerprint density at radius 2 is 1.75 bits per heavy atom. The molecule has 3 heterocycles. The number of nitrogens with one attached hydrogen (secondary N) is 1. The third-order valence-corrected chi connectivity index (χ3v) is 6.07. The molecule has 9 heteroatoms. The fourth-order valence-electron chi connectivity index (χ4n) is 4.15. The summed E-state index contributed by atoms with van der Waals surface area (Å²) in [6, 6.07) is 12.6. The van der Waals surface area contributed by atoms with E-state index < -0.39 is 6.03 Å². The maximum Gasteiger partial charge on any atom is 0.324 e. The van der Waals surface area contributed by atoms with Crippen molar-refractivity contribution in [1.82, 2.24) is 24.9 Å². The van der Waals surface area contributed by atoms with Crippen LogP contribution in [0.3, 0.4) is 0 Å². The number of rotatable bonds is 6. The van der Waals surface area contributed by atoms with Crippen LogP contribution in [-0.2, 0) is 16.1 Å². The van der Waals surface area contributed by atoms with Crippen molar-refractivity contribution in [2.45, 2.75) is 32.2 Å². The van der Waals surface area contributed by atoms with Gasteiger partial charge in [0.05, 0.1) is 5.69 Å². The molecule has 168 valence electrons. The molecular weight excluding hydrogens is 410 g/mol. The van der Waals surface area contributed by atoms with E-state index in [1.165, 1.54) is 9.58 Å². The molecule has 0 bridgehead atoms. The molecule has 32 heavy (non-hydrogen) atoms. The van der Waals surface area contributed by atoms with E-state index >= 15 is 0 Å². The Labute approximate surface area is 186 Å². The van der Waals surface area contributed by atoms with Crippen molar-refractivity contribution in [3.63, 3.8) is 0 Å². The highest BCUT2D eigenvalue weighted by molar-refractivity contribution is 5.96. The lowest BCUT2D eigenvalue weighted by Gasteiger charge is -2.33. The van der Waals surface area contributed by atoms with Gasteiger partial charge in [0.1, 0.15) is 0 Å². The number of imide groups is 1. The van der Waals surface area contributed by atoms with Crippen LogP contribution in [0.4, 0.5) is 4.79 Å². The minimum atomic E-state index is -0.427. The molecule has 4 amide bonds. The van der Waals surface area contributed by atoms with Gasteiger partial charge in [-0.1, -0.05) is 30.3 Å². The van der Waals surface area contributed by atoms with Gasteiger partial charge in [0.2, 0.25) is 11.8 Å². The van der Waals surface area contributed by atoms with E-state index in [0.29, 0.717) is 32.7 Å². The molecule has 2 saturated heterocycles. The molecule has 2 fully saturated rings. The molecule has 0 aliphatic carbocycles. The summed E-state index contributed by atoms with van der Waals surface area (Å²) in [5.74, 6) is 0.00576. The molecule has 4 rings (SSSR count). The first kappa shape index (κ1) is 21.7. The Balaban J connectivity index is 1.28. The van der Waals surface area contributed by atoms with Gasteiger partial charge in [0.25, 0.3) is 5.56 Å². The molecule has 2 aromatic rings. The summed E-state index contributed by atoms with van der Waals surface area (Å²) in [7, 11) is 0. The summed E-state index contributed by atoms with van der Waals surface area (Å²) in [4.78, 5) is 51.2. The van der Waals surface area contributed by atoms with E-state index in [0.717, 1.165) is 24.1 Å². The van der Waals surface area contributed by atoms with E-state index in [1.54, 1.807) is 12.1 Å². The standard InChI is InChI=1S/C23H27N5O4/c29-20-10-14-27(23(32)24-20)15-11-21(30)26-12-8-17(9-13-26)16-28-22(31)7-6-19(25-28)18-4-2-1-3-5-18/h1-7,17H,8-16H2,(H,24,29,32). The predicted molar refractivity (Wildman–Crippen MR) is 118 cm³/mol. The summed E-state index contributed by atoms with van der Waals surface area (Å²) >= 11 is 0. The number of carbonyl (C=O) groups excluding carboxylic acids is 3. The van der Waals surface area contributed by atoms with Crippen molar-refractivity contribution < 1.29 is 14.4 Å². The lowest BCUT2D eigenvalue weighted by atomic mass is 9.96. The molecular formula is C23H27N5O4. The van der Waals surface area contributed by atoms with Crippen molar-refractivity contribution in [3.8, 4) is 11.3 Å². The minimum Gasteiger partial charge on any atom is -0.343 e. The van der Waals surface area contributed by atoms with Crippen LogP contribution in [0, 0.1) is 5.92 Å². The molecule has 1 aromatic carbocycles. The first-order chi connectivity index (χ1) is 15.5. The average molecular weight is 438 g/mol. The minimum absolute atomic E-state index is 0.00881. The summed E-state index contributed by atoms with van der Waals surface area (Å²) in [5.41, 5.74) is 1.61. The fraction of sp³-hybridized carbons (Fsp3) is 0.435. The summed E-state index contributed by atoms with van der Waals surface area (Å²) in [6.45, 7) is 2.44. The van der Waals surface area contributed by atoms with Gasteiger partial charge in [0.15, 0.2) is 0 Å². The second-order valence-electron chi connectivity index (χ2n) is 8.27. The van der Waals surface area contributed by atoms with E-state index in [4.69, 9.17) is 0 Å². The third kappa shape index (κ3) is 5.22. The average Bonchev–Trinajstić information content (AvgIpc) is 2.81. The van der Waals surface area contributed by atoms with Gasteiger partial charge < -0.3 is 9.80 Å². The predicted octanol–water partition coefficient (Wildman–Crippen LogP) is 1.48. The summed E-state index contributed by atoms with van der Waals surface area (Å²) < 4.78 is 1.53. The molecule has 0 unspecified atom stereocenters. The number of aromatic nitrogens is 2. The Kier molecular flexibility index (Phi) is 6.63. The maximum absolute atomic E-state index is 12.6. The summed E-state index contributed by atoms with van der Waals surface area (Å²) in [6.07, 6.45) is 2.11. The number of carbonyl (C=O) groups is 3. The lowest BCUT2D eigenvalue weighted by Crippen LogP contribution is -2.50. The number of likely N-dealkylation sites (tertiary alicyclic amines) is 1. The SMILES string of the molecule is O=C1CCN(CCC(=O)N2CCC(Cn3nc(-c4ccccc4)ccc3=O)CC2)C(=O)N1. The van der Waals surface area contributed by atoms with Crippen LogP contribution in [0.1, 0.15) is 25.7 Å². The zero-order valence-electron chi connectivity index (χ0n) is 17.9. The largest absolute Gasteiger partial charge is 0.343 e. The molecule has 0 radical (unpaired) electrons. The lowest BCUT2D eigenvalue weighted by molar-refractivity contribution is -0.132. The Morgan fingerprint density at radius 3 is 2.47 bits per heavy atom. The van der Waals surface area contributed by atoms with Crippen LogP contribution < -0.4 is 10.9 Å². The first-order valence-electron chi connectivity index (χ1n) is 11.0. The van der Waals surface area contributed by atoms with Gasteiger partial charge in [-0.2, -0.15) is 5.10 Å². The van der Waals surface area contributed by atoms with Crippen LogP contribution in [0.5, 0.6) is 0 Å². The van der Waals surface area contributed by atoms with Crippen LogP contribution in [-0.4, -0.2) is 63.6 Å². The third-order valence-electron chi connectivity index (χ3n) is 6.07. The van der Waals surface area contributed by atoms with Crippen LogP contribution in [0.25, 0.3) is 11.3 Å². The Morgan fingerprint density at radius 1 is 1.00 bits per heavy atom. The topological polar surface area (TPSA) is 105 Å². The monoisotopic (exact) mass is 437 g/mol. The van der Waals surface area contributed by atoms with Crippen LogP contribution >= 0.6 is 0 Å². The molecule has 1 aromatic heterocycles. The van der Waals surface area contributed by atoms with Crippen molar-refractivity contribution in [2.75, 3.05) is 26.2 Å². The fourth-order valence-corrected chi connectivity index (χ4v) is 4.15. The highest BCUT2D eigenvalue weighted by Crippen LogP contribution is 2.20. The zero-order valence-corrected chi connectivity index (χ0v) is 17.9. The number of hydrogen-bond donors (Lipinski definition) is 1. The Bertz CT molecular complexity index is 1040. The highest BCUT2D eigenvalue weighted by Gasteiger charge is 2.26. The molecule has 1 N–H and O–H groups in total. The van der Waals surface area contributed by atoms with Gasteiger partial charge in [0, 0.05) is 57.2 Å². The molecule has 0 saturated carbocycles. The van der Waals surface area contributed by atoms with Gasteiger partial charge in [-0.05, 0) is 24.8 Å². The number of hydrogen-bond acceptors (Lipinski definition) is 5. The van der Waals surface area contributed by atoms with Crippen molar-refractivity contribution in [2.24, 2.45) is 5.92 Å². The van der Waals surface area contributed by atoms with Crippen LogP contribution in [0.15, 0.2) is 47.3 Å². The van der Waals surface area contributed by atoms with E-state index in [2.05, 4.69) is 10.4 Å². The molecule has 0 spiro atoms. The normalized spacial score (nSPS) is 17.4. The molecule has 9 nitrogen and oxygen atoms in total. The maximum atomic E-state index is 12.6. The molecule has 2 aliphatic rings. The van der Waals surface area contributed by atoms with Gasteiger partial charge in [-0.15, -0.1) is 0 Å². The smallest absolute Gasteiger partial charge is 0.324 e. The number of amides is 4. The van der Waals surface area contributed by atoms with Gasteiger partial charge >= 0.3 is 6.03 Å². The van der Waals surface area contributed by atoms with E-state index in [1.807, 2.05) is 35.2 Å². The van der Waals surface area contributed by atoms with Gasteiger partial charge in [-0.3, -0.25) is 19.7 Å². The van der Waals surface area contributed by atoms with E-state index in [9.17, 15) is 19.2 Å². The number of urea groups is 1. The number of benzene rings is 1. The molecule has 0 atom stereocenters. The van der Waals surface area contributed by atoms with Crippen molar-refractivity contribution in [1.29, 1.82) is 0 Å². The zero-order chi connectivity index (χ0) is 22.5. The molecule has 2 aliphatic heterocycles. The number of nitrogens with zero attached hydrogens (tertiary/aromatic N) is 4. The highest BCUT2D eigenvalue weighted by atomic mass is 16.2. The van der Waals surface area contributed by atoms with E-state index in [-0.39, 0.29) is 36.1 Å². The van der Waals surface area contributed by atoms with Gasteiger partial charge in [-0.25, -0.2) is 9.48 Å². The second-order valence-corrected chi connectivity index (χ2v) is 8.27. The van der Waals surface area contributed by atoms with Crippen LogP contribution in [0.2, 0.25) is 0 Å². The summed E-state index contributed by atoms with van der Waals surface area (Å²) in [5, 5.41) is 6.81. The van der Waals surface area contributed by atoms with Crippen molar-refractivity contribution >= 4 is 17.8 Å².